The molecule has 1 N–H and O–H groups in total. The Labute approximate surface area is 235 Å². The molecule has 0 aliphatic carbocycles. The number of fused-ring (bicyclic) bond motifs is 1. The van der Waals surface area contributed by atoms with Crippen molar-refractivity contribution in [1.29, 1.82) is 0 Å². The highest BCUT2D eigenvalue weighted by atomic mass is 16.5. The molecule has 0 radical (unpaired) electrons. The lowest BCUT2D eigenvalue weighted by molar-refractivity contribution is 0.184. The minimum absolute atomic E-state index is 0.232. The number of H-pyrrole nitrogens is 1. The molecule has 4 aromatic carbocycles. The zero-order valence-corrected chi connectivity index (χ0v) is 22.8. The highest BCUT2D eigenvalue weighted by molar-refractivity contribution is 5.97. The lowest BCUT2D eigenvalue weighted by Crippen LogP contribution is -2.35. The molecule has 0 unspecified atom stereocenters. The van der Waals surface area contributed by atoms with Crippen LogP contribution in [0.2, 0.25) is 0 Å². The molecule has 0 bridgehead atoms. The van der Waals surface area contributed by atoms with Gasteiger partial charge < -0.3 is 9.64 Å². The van der Waals surface area contributed by atoms with Crippen molar-refractivity contribution in [3.63, 3.8) is 0 Å². The van der Waals surface area contributed by atoms with Crippen LogP contribution in [0.5, 0.6) is 5.75 Å². The molecule has 2 heterocycles. The van der Waals surface area contributed by atoms with Crippen molar-refractivity contribution in [3.05, 3.63) is 127 Å². The monoisotopic (exact) mass is 524 g/mol. The molecule has 0 aliphatic rings. The normalized spacial score (nSPS) is 12.1. The van der Waals surface area contributed by atoms with Gasteiger partial charge in [0.25, 0.3) is 0 Å². The summed E-state index contributed by atoms with van der Waals surface area (Å²) in [5.74, 6) is 0.755. The smallest absolute Gasteiger partial charge is 0.138 e. The Bertz CT molecular complexity index is 1700. The van der Waals surface area contributed by atoms with Crippen molar-refractivity contribution in [1.82, 2.24) is 20.1 Å². The zero-order chi connectivity index (χ0) is 27.3. The van der Waals surface area contributed by atoms with E-state index >= 15 is 0 Å². The van der Waals surface area contributed by atoms with E-state index in [2.05, 4.69) is 108 Å². The number of rotatable bonds is 9. The topological polar surface area (TPSA) is 54.0 Å². The first-order chi connectivity index (χ1) is 19.7. The van der Waals surface area contributed by atoms with Crippen LogP contribution in [0.15, 0.2) is 121 Å². The first-order valence-electron chi connectivity index (χ1n) is 13.6. The summed E-state index contributed by atoms with van der Waals surface area (Å²) < 4.78 is 6.40. The highest BCUT2D eigenvalue weighted by Gasteiger charge is 2.17. The van der Waals surface area contributed by atoms with Gasteiger partial charge in [-0.15, -0.1) is 0 Å². The van der Waals surface area contributed by atoms with Gasteiger partial charge >= 0.3 is 0 Å². The number of pyridine rings is 1. The van der Waals surface area contributed by atoms with Crippen molar-refractivity contribution in [2.75, 3.05) is 20.7 Å². The fraction of sp³-hybridized carbons (Fsp3) is 0.143. The van der Waals surface area contributed by atoms with Crippen LogP contribution in [0.25, 0.3) is 44.5 Å². The van der Waals surface area contributed by atoms with Gasteiger partial charge in [-0.25, -0.2) is 0 Å². The standard InChI is InChI=1S/C35H32N4O/c1-39(2)29(20-25-12-6-3-7-13-25)24-40-30-22-31(34(36-23-30)26-14-8-4-9-15-26)28-18-19-33-32(21-28)35(38-37-33)27-16-10-5-11-17-27/h3-19,21-23,29H,20,24H2,1-2H3,(H,37,38)/t29-/m0/s1. The van der Waals surface area contributed by atoms with Crippen molar-refractivity contribution in [3.8, 4) is 39.4 Å². The van der Waals surface area contributed by atoms with Gasteiger partial charge in [-0.3, -0.25) is 10.1 Å². The van der Waals surface area contributed by atoms with Crippen molar-refractivity contribution < 1.29 is 4.74 Å². The van der Waals surface area contributed by atoms with Gasteiger partial charge in [0.15, 0.2) is 0 Å². The lowest BCUT2D eigenvalue weighted by atomic mass is 9.97. The summed E-state index contributed by atoms with van der Waals surface area (Å²) in [5, 5.41) is 8.89. The van der Waals surface area contributed by atoms with Gasteiger partial charge in [0.2, 0.25) is 0 Å². The summed E-state index contributed by atoms with van der Waals surface area (Å²) in [4.78, 5) is 7.14. The predicted octanol–water partition coefficient (Wildman–Crippen LogP) is 7.51. The first-order valence-corrected chi connectivity index (χ1v) is 13.6. The summed E-state index contributed by atoms with van der Waals surface area (Å²) in [6, 6.07) is 39.9. The molecule has 6 aromatic rings. The van der Waals surface area contributed by atoms with E-state index < -0.39 is 0 Å². The Morgan fingerprint density at radius 1 is 0.725 bits per heavy atom. The van der Waals surface area contributed by atoms with E-state index in [0.29, 0.717) is 6.61 Å². The Kier molecular flexibility index (Phi) is 7.38. The zero-order valence-electron chi connectivity index (χ0n) is 22.8. The van der Waals surface area contributed by atoms with Crippen LogP contribution in [0.3, 0.4) is 0 Å². The van der Waals surface area contributed by atoms with Crippen LogP contribution in [-0.2, 0) is 6.42 Å². The average Bonchev–Trinajstić information content (AvgIpc) is 3.44. The molecule has 5 heteroatoms. The summed E-state index contributed by atoms with van der Waals surface area (Å²) >= 11 is 0. The van der Waals surface area contributed by atoms with E-state index in [-0.39, 0.29) is 6.04 Å². The molecule has 0 fully saturated rings. The van der Waals surface area contributed by atoms with Gasteiger partial charge in [0.05, 0.1) is 23.1 Å². The minimum atomic E-state index is 0.232. The van der Waals surface area contributed by atoms with Crippen LogP contribution >= 0.6 is 0 Å². The van der Waals surface area contributed by atoms with E-state index in [1.165, 1.54) is 5.56 Å². The van der Waals surface area contributed by atoms with Crippen LogP contribution in [-0.4, -0.2) is 46.8 Å². The van der Waals surface area contributed by atoms with Crippen molar-refractivity contribution >= 4 is 10.9 Å². The maximum Gasteiger partial charge on any atom is 0.138 e. The second kappa shape index (κ2) is 11.6. The van der Waals surface area contributed by atoms with E-state index in [4.69, 9.17) is 9.72 Å². The minimum Gasteiger partial charge on any atom is -0.490 e. The van der Waals surface area contributed by atoms with Crippen LogP contribution in [0, 0.1) is 0 Å². The summed E-state index contributed by atoms with van der Waals surface area (Å²) in [6.45, 7) is 0.562. The van der Waals surface area contributed by atoms with Gasteiger partial charge in [-0.05, 0) is 49.8 Å². The molecular weight excluding hydrogens is 492 g/mol. The molecule has 198 valence electrons. The van der Waals surface area contributed by atoms with Crippen molar-refractivity contribution in [2.45, 2.75) is 12.5 Å². The fourth-order valence-corrected chi connectivity index (χ4v) is 5.04. The Balaban J connectivity index is 1.36. The molecule has 6 rings (SSSR count). The molecule has 2 aromatic heterocycles. The van der Waals surface area contributed by atoms with Gasteiger partial charge in [-0.2, -0.15) is 5.10 Å². The number of ether oxygens (including phenoxy) is 1. The summed E-state index contributed by atoms with van der Waals surface area (Å²) in [7, 11) is 4.20. The lowest BCUT2D eigenvalue weighted by Gasteiger charge is -2.25. The van der Waals surface area contributed by atoms with Crippen LogP contribution < -0.4 is 4.74 Å². The summed E-state index contributed by atoms with van der Waals surface area (Å²) in [5.41, 5.74) is 8.39. The summed E-state index contributed by atoms with van der Waals surface area (Å²) in [6.07, 6.45) is 2.75. The number of aromatic amines is 1. The Hall–Kier alpha value is -4.74. The van der Waals surface area contributed by atoms with E-state index in [9.17, 15) is 0 Å². The second-order valence-electron chi connectivity index (χ2n) is 10.2. The molecule has 0 saturated carbocycles. The molecule has 1 atom stereocenters. The first kappa shape index (κ1) is 25.5. The highest BCUT2D eigenvalue weighted by Crippen LogP contribution is 2.36. The number of nitrogens with one attached hydrogen (secondary N) is 1. The second-order valence-corrected chi connectivity index (χ2v) is 10.2. The predicted molar refractivity (Wildman–Crippen MR) is 163 cm³/mol. The number of hydrogen-bond acceptors (Lipinski definition) is 4. The van der Waals surface area contributed by atoms with Crippen LogP contribution in [0.1, 0.15) is 5.56 Å². The maximum atomic E-state index is 6.40. The van der Waals surface area contributed by atoms with E-state index in [0.717, 1.165) is 56.7 Å². The number of hydrogen-bond donors (Lipinski definition) is 1. The number of likely N-dealkylation sites (N-methyl/N-ethyl adjacent to an activating group) is 1. The third-order valence-electron chi connectivity index (χ3n) is 7.32. The molecule has 0 saturated heterocycles. The molecule has 0 amide bonds. The van der Waals surface area contributed by atoms with E-state index in [1.807, 2.05) is 42.6 Å². The molecule has 40 heavy (non-hydrogen) atoms. The largest absolute Gasteiger partial charge is 0.490 e. The maximum absolute atomic E-state index is 6.40. The van der Waals surface area contributed by atoms with Gasteiger partial charge in [-0.1, -0.05) is 97.1 Å². The molecule has 0 spiro atoms. The van der Waals surface area contributed by atoms with Gasteiger partial charge in [0, 0.05) is 28.1 Å². The van der Waals surface area contributed by atoms with Crippen LogP contribution in [0.4, 0.5) is 0 Å². The van der Waals surface area contributed by atoms with Crippen molar-refractivity contribution in [2.24, 2.45) is 0 Å². The number of nitrogens with zero attached hydrogens (tertiary/aromatic N) is 3. The average molecular weight is 525 g/mol. The van der Waals surface area contributed by atoms with Gasteiger partial charge in [0.1, 0.15) is 12.4 Å². The third-order valence-corrected chi connectivity index (χ3v) is 7.32. The Morgan fingerprint density at radius 2 is 1.38 bits per heavy atom. The molecule has 5 nitrogen and oxygen atoms in total. The quantitative estimate of drug-likeness (QED) is 0.213. The SMILES string of the molecule is CN(C)[C@H](COc1cnc(-c2ccccc2)c(-c2ccc3[nH]nc(-c4ccccc4)c3c2)c1)Cc1ccccc1. The fourth-order valence-electron chi connectivity index (χ4n) is 5.04. The third kappa shape index (κ3) is 5.51. The van der Waals surface area contributed by atoms with E-state index in [1.54, 1.807) is 0 Å². The molecule has 0 aliphatic heterocycles. The number of aromatic nitrogens is 3. The molecular formula is C35H32N4O. The number of benzene rings is 4. The Morgan fingerprint density at radius 3 is 2.05 bits per heavy atom.